The zero-order chi connectivity index (χ0) is 15.1. The highest BCUT2D eigenvalue weighted by molar-refractivity contribution is 8.00. The maximum absolute atomic E-state index is 12.0. The van der Waals surface area contributed by atoms with Gasteiger partial charge in [-0.3, -0.25) is 4.79 Å². The van der Waals surface area contributed by atoms with Gasteiger partial charge in [0.05, 0.1) is 12.9 Å². The molecule has 0 saturated heterocycles. The van der Waals surface area contributed by atoms with E-state index in [-0.39, 0.29) is 5.91 Å². The summed E-state index contributed by atoms with van der Waals surface area (Å²) in [6, 6.07) is 15.6. The van der Waals surface area contributed by atoms with E-state index in [4.69, 9.17) is 4.74 Å². The topological polar surface area (TPSA) is 38.3 Å². The van der Waals surface area contributed by atoms with Gasteiger partial charge in [0, 0.05) is 10.6 Å². The Morgan fingerprint density at radius 1 is 1.19 bits per heavy atom. The monoisotopic (exact) mass is 301 g/mol. The van der Waals surface area contributed by atoms with Gasteiger partial charge >= 0.3 is 0 Å². The molecule has 1 N–H and O–H groups in total. The molecule has 110 valence electrons. The fraction of sp³-hybridized carbons (Fsp3) is 0.235. The minimum atomic E-state index is 0.00377. The van der Waals surface area contributed by atoms with Crippen LogP contribution >= 0.6 is 11.8 Å². The van der Waals surface area contributed by atoms with Crippen molar-refractivity contribution in [2.24, 2.45) is 0 Å². The molecule has 1 amide bonds. The van der Waals surface area contributed by atoms with Gasteiger partial charge in [0.25, 0.3) is 0 Å². The van der Waals surface area contributed by atoms with E-state index < -0.39 is 0 Å². The summed E-state index contributed by atoms with van der Waals surface area (Å²) in [7, 11) is 1.64. The summed E-state index contributed by atoms with van der Waals surface area (Å²) in [5.41, 5.74) is 2.07. The molecule has 2 rings (SSSR count). The lowest BCUT2D eigenvalue weighted by Gasteiger charge is -2.07. The fourth-order valence-corrected chi connectivity index (χ4v) is 2.59. The maximum Gasteiger partial charge on any atom is 0.234 e. The third kappa shape index (κ3) is 4.83. The van der Waals surface area contributed by atoms with Crippen molar-refractivity contribution in [3.05, 3.63) is 54.1 Å². The first-order valence-electron chi connectivity index (χ1n) is 6.87. The largest absolute Gasteiger partial charge is 0.497 e. The zero-order valence-corrected chi connectivity index (χ0v) is 13.1. The van der Waals surface area contributed by atoms with Gasteiger partial charge in [-0.25, -0.2) is 0 Å². The minimum absolute atomic E-state index is 0.00377. The molecule has 0 bridgehead atoms. The molecule has 0 atom stereocenters. The molecule has 0 heterocycles. The molecule has 0 fully saturated rings. The molecule has 0 aliphatic carbocycles. The first-order chi connectivity index (χ1) is 10.2. The zero-order valence-electron chi connectivity index (χ0n) is 12.3. The van der Waals surface area contributed by atoms with Crippen LogP contribution in [0.15, 0.2) is 53.4 Å². The van der Waals surface area contributed by atoms with Gasteiger partial charge in [-0.15, -0.1) is 11.8 Å². The number of thioether (sulfide) groups is 1. The SMILES string of the molecule is CCc1cccc(NC(=O)CSc2ccc(OC)cc2)c1. The summed E-state index contributed by atoms with van der Waals surface area (Å²) in [6.07, 6.45) is 0.963. The first-order valence-corrected chi connectivity index (χ1v) is 7.85. The number of hydrogen-bond acceptors (Lipinski definition) is 3. The Morgan fingerprint density at radius 3 is 2.62 bits per heavy atom. The number of anilines is 1. The molecule has 0 aliphatic rings. The number of ether oxygens (including phenoxy) is 1. The molecule has 0 aliphatic heterocycles. The fourth-order valence-electron chi connectivity index (χ4n) is 1.89. The number of hydrogen-bond donors (Lipinski definition) is 1. The van der Waals surface area contributed by atoms with Crippen molar-refractivity contribution < 1.29 is 9.53 Å². The smallest absolute Gasteiger partial charge is 0.234 e. The summed E-state index contributed by atoms with van der Waals surface area (Å²) in [6.45, 7) is 2.10. The van der Waals surface area contributed by atoms with E-state index in [0.717, 1.165) is 22.8 Å². The average Bonchev–Trinajstić information content (AvgIpc) is 2.53. The molecular weight excluding hydrogens is 282 g/mol. The van der Waals surface area contributed by atoms with Gasteiger partial charge in [-0.2, -0.15) is 0 Å². The Balaban J connectivity index is 1.86. The highest BCUT2D eigenvalue weighted by Crippen LogP contribution is 2.21. The number of carbonyl (C=O) groups excluding carboxylic acids is 1. The lowest BCUT2D eigenvalue weighted by Crippen LogP contribution is -2.14. The second-order valence-corrected chi connectivity index (χ2v) is 5.62. The van der Waals surface area contributed by atoms with Crippen molar-refractivity contribution in [2.75, 3.05) is 18.2 Å². The van der Waals surface area contributed by atoms with Crippen LogP contribution < -0.4 is 10.1 Å². The Labute approximate surface area is 129 Å². The second kappa shape index (κ2) is 7.74. The van der Waals surface area contributed by atoms with Crippen LogP contribution in [0.2, 0.25) is 0 Å². The van der Waals surface area contributed by atoms with E-state index in [9.17, 15) is 4.79 Å². The summed E-state index contributed by atoms with van der Waals surface area (Å²) in [5, 5.41) is 2.92. The molecule has 0 aromatic heterocycles. The Kier molecular flexibility index (Phi) is 5.69. The van der Waals surface area contributed by atoms with Crippen LogP contribution in [-0.2, 0) is 11.2 Å². The molecule has 4 heteroatoms. The van der Waals surface area contributed by atoms with Crippen molar-refractivity contribution in [3.63, 3.8) is 0 Å². The van der Waals surface area contributed by atoms with Crippen LogP contribution in [0.25, 0.3) is 0 Å². The highest BCUT2D eigenvalue weighted by atomic mass is 32.2. The predicted molar refractivity (Wildman–Crippen MR) is 88.2 cm³/mol. The van der Waals surface area contributed by atoms with E-state index in [1.54, 1.807) is 7.11 Å². The Bertz CT molecular complexity index is 596. The molecule has 0 unspecified atom stereocenters. The maximum atomic E-state index is 12.0. The summed E-state index contributed by atoms with van der Waals surface area (Å²) in [4.78, 5) is 13.0. The number of amides is 1. The van der Waals surface area contributed by atoms with Gasteiger partial charge in [0.2, 0.25) is 5.91 Å². The van der Waals surface area contributed by atoms with Crippen molar-refractivity contribution in [3.8, 4) is 5.75 Å². The van der Waals surface area contributed by atoms with Gasteiger partial charge in [0.1, 0.15) is 5.75 Å². The van der Waals surface area contributed by atoms with Crippen LogP contribution in [-0.4, -0.2) is 18.8 Å². The summed E-state index contributed by atoms with van der Waals surface area (Å²) in [5.74, 6) is 1.21. The van der Waals surface area contributed by atoms with Gasteiger partial charge in [0.15, 0.2) is 0 Å². The molecule has 21 heavy (non-hydrogen) atoms. The molecular formula is C17H19NO2S. The van der Waals surface area contributed by atoms with E-state index in [0.29, 0.717) is 5.75 Å². The number of aryl methyl sites for hydroxylation is 1. The number of rotatable bonds is 6. The van der Waals surface area contributed by atoms with Gasteiger partial charge in [-0.05, 0) is 48.4 Å². The van der Waals surface area contributed by atoms with Crippen LogP contribution in [0.3, 0.4) is 0 Å². The van der Waals surface area contributed by atoms with Crippen molar-refractivity contribution in [2.45, 2.75) is 18.2 Å². The molecule has 2 aromatic rings. The minimum Gasteiger partial charge on any atom is -0.497 e. The third-order valence-corrected chi connectivity index (χ3v) is 4.06. The van der Waals surface area contributed by atoms with E-state index in [2.05, 4.69) is 18.3 Å². The van der Waals surface area contributed by atoms with Gasteiger partial charge in [-0.1, -0.05) is 19.1 Å². The normalized spacial score (nSPS) is 10.2. The standard InChI is InChI=1S/C17H19NO2S/c1-3-13-5-4-6-14(11-13)18-17(19)12-21-16-9-7-15(20-2)8-10-16/h4-11H,3,12H2,1-2H3,(H,18,19). The van der Waals surface area contributed by atoms with Crippen LogP contribution in [0.1, 0.15) is 12.5 Å². The number of methoxy groups -OCH3 is 1. The number of nitrogens with one attached hydrogen (secondary N) is 1. The highest BCUT2D eigenvalue weighted by Gasteiger charge is 2.04. The molecule has 0 spiro atoms. The molecule has 3 nitrogen and oxygen atoms in total. The Hall–Kier alpha value is -1.94. The quantitative estimate of drug-likeness (QED) is 0.820. The summed E-state index contributed by atoms with van der Waals surface area (Å²) < 4.78 is 5.11. The third-order valence-electron chi connectivity index (χ3n) is 3.05. The molecule has 0 radical (unpaired) electrons. The van der Waals surface area contributed by atoms with Crippen molar-refractivity contribution in [1.82, 2.24) is 0 Å². The van der Waals surface area contributed by atoms with E-state index in [1.165, 1.54) is 17.3 Å². The van der Waals surface area contributed by atoms with E-state index >= 15 is 0 Å². The predicted octanol–water partition coefficient (Wildman–Crippen LogP) is 3.99. The number of benzene rings is 2. The van der Waals surface area contributed by atoms with E-state index in [1.807, 2.05) is 42.5 Å². The number of carbonyl (C=O) groups is 1. The van der Waals surface area contributed by atoms with Gasteiger partial charge < -0.3 is 10.1 Å². The Morgan fingerprint density at radius 2 is 1.95 bits per heavy atom. The lowest BCUT2D eigenvalue weighted by atomic mass is 10.1. The first kappa shape index (κ1) is 15.4. The van der Waals surface area contributed by atoms with Crippen molar-refractivity contribution in [1.29, 1.82) is 0 Å². The summed E-state index contributed by atoms with van der Waals surface area (Å²) >= 11 is 1.51. The van der Waals surface area contributed by atoms with Crippen molar-refractivity contribution >= 4 is 23.4 Å². The van der Waals surface area contributed by atoms with Crippen LogP contribution in [0.4, 0.5) is 5.69 Å². The molecule has 2 aromatic carbocycles. The average molecular weight is 301 g/mol. The van der Waals surface area contributed by atoms with Crippen LogP contribution in [0, 0.1) is 0 Å². The lowest BCUT2D eigenvalue weighted by molar-refractivity contribution is -0.113. The second-order valence-electron chi connectivity index (χ2n) is 4.57. The molecule has 0 saturated carbocycles. The van der Waals surface area contributed by atoms with Crippen LogP contribution in [0.5, 0.6) is 5.75 Å².